The standard InChI is InChI=1S/C26H22Cl2N2O2/c1-32-17-11-9-15(10-12-17)16-13-22-24(23(31)14-16)26(18-5-4-6-19(27)25(18)28)30-21-8-3-2-7-20(21)29-22/h2-12,16,26,29-30H,13-14H2,1H3/t16-,26-/m0/s1. The van der Waals surface area contributed by atoms with Crippen molar-refractivity contribution < 1.29 is 9.53 Å². The van der Waals surface area contributed by atoms with E-state index in [9.17, 15) is 4.79 Å². The maximum absolute atomic E-state index is 13.6. The highest BCUT2D eigenvalue weighted by Gasteiger charge is 2.36. The van der Waals surface area contributed by atoms with Crippen LogP contribution in [0, 0.1) is 0 Å². The van der Waals surface area contributed by atoms with Gasteiger partial charge in [-0.05, 0) is 53.8 Å². The van der Waals surface area contributed by atoms with Gasteiger partial charge in [-0.15, -0.1) is 0 Å². The molecule has 2 atom stereocenters. The molecule has 0 saturated carbocycles. The number of carbonyl (C=O) groups excluding carboxylic acids is 1. The van der Waals surface area contributed by atoms with Crippen LogP contribution in [0.15, 0.2) is 78.0 Å². The van der Waals surface area contributed by atoms with Crippen LogP contribution in [0.1, 0.15) is 35.9 Å². The van der Waals surface area contributed by atoms with E-state index in [1.807, 2.05) is 60.7 Å². The Kier molecular flexibility index (Phi) is 5.58. The molecule has 0 amide bonds. The number of ether oxygens (including phenoxy) is 1. The Labute approximate surface area is 197 Å². The summed E-state index contributed by atoms with van der Waals surface area (Å²) in [6.07, 6.45) is 1.15. The Balaban J connectivity index is 1.61. The Morgan fingerprint density at radius 1 is 0.906 bits per heavy atom. The minimum Gasteiger partial charge on any atom is -0.497 e. The van der Waals surface area contributed by atoms with Crippen LogP contribution in [0.2, 0.25) is 10.0 Å². The van der Waals surface area contributed by atoms with E-state index in [1.165, 1.54) is 0 Å². The fourth-order valence-corrected chi connectivity index (χ4v) is 5.00. The molecule has 2 N–H and O–H groups in total. The Bertz CT molecular complexity index is 1220. The maximum atomic E-state index is 13.6. The Morgan fingerprint density at radius 2 is 1.66 bits per heavy atom. The van der Waals surface area contributed by atoms with Crippen molar-refractivity contribution in [1.29, 1.82) is 0 Å². The van der Waals surface area contributed by atoms with E-state index in [0.29, 0.717) is 16.5 Å². The van der Waals surface area contributed by atoms with E-state index in [4.69, 9.17) is 27.9 Å². The molecule has 2 aliphatic rings. The molecule has 5 rings (SSSR count). The van der Waals surface area contributed by atoms with Crippen LogP contribution in [-0.4, -0.2) is 12.9 Å². The van der Waals surface area contributed by atoms with Crippen LogP contribution in [-0.2, 0) is 4.79 Å². The van der Waals surface area contributed by atoms with Crippen molar-refractivity contribution in [3.63, 3.8) is 0 Å². The van der Waals surface area contributed by atoms with E-state index in [2.05, 4.69) is 10.6 Å². The number of hydrogen-bond acceptors (Lipinski definition) is 4. The van der Waals surface area contributed by atoms with Gasteiger partial charge in [-0.2, -0.15) is 0 Å². The highest BCUT2D eigenvalue weighted by Crippen LogP contribution is 2.46. The predicted molar refractivity (Wildman–Crippen MR) is 130 cm³/mol. The smallest absolute Gasteiger partial charge is 0.163 e. The molecule has 3 aromatic rings. The zero-order valence-electron chi connectivity index (χ0n) is 17.5. The number of anilines is 2. The SMILES string of the molecule is COc1ccc([C@@H]2CC(=O)C3=C(C2)Nc2ccccc2N[C@H]3c2cccc(Cl)c2Cl)cc1. The number of rotatable bonds is 3. The predicted octanol–water partition coefficient (Wildman–Crippen LogP) is 6.98. The molecule has 0 fully saturated rings. The molecule has 0 radical (unpaired) electrons. The van der Waals surface area contributed by atoms with E-state index < -0.39 is 6.04 Å². The van der Waals surface area contributed by atoms with E-state index >= 15 is 0 Å². The monoisotopic (exact) mass is 464 g/mol. The normalized spacial score (nSPS) is 19.9. The van der Waals surface area contributed by atoms with Crippen molar-refractivity contribution >= 4 is 40.4 Å². The van der Waals surface area contributed by atoms with Gasteiger partial charge >= 0.3 is 0 Å². The first-order valence-corrected chi connectivity index (χ1v) is 11.3. The van der Waals surface area contributed by atoms with Crippen molar-refractivity contribution in [1.82, 2.24) is 0 Å². The van der Waals surface area contributed by atoms with Gasteiger partial charge in [0.05, 0.1) is 34.6 Å². The van der Waals surface area contributed by atoms with E-state index in [1.54, 1.807) is 13.2 Å². The summed E-state index contributed by atoms with van der Waals surface area (Å²) in [6.45, 7) is 0. The first kappa shape index (κ1) is 20.9. The lowest BCUT2D eigenvalue weighted by Gasteiger charge is -2.30. The third-order valence-electron chi connectivity index (χ3n) is 6.19. The molecule has 3 aromatic carbocycles. The summed E-state index contributed by atoms with van der Waals surface area (Å²) in [5.74, 6) is 0.985. The van der Waals surface area contributed by atoms with Gasteiger partial charge in [-0.3, -0.25) is 4.79 Å². The van der Waals surface area contributed by atoms with Crippen molar-refractivity contribution in [3.8, 4) is 5.75 Å². The lowest BCUT2D eigenvalue weighted by atomic mass is 9.78. The molecule has 0 aromatic heterocycles. The van der Waals surface area contributed by atoms with E-state index in [0.717, 1.165) is 45.9 Å². The number of hydrogen-bond donors (Lipinski definition) is 2. The number of carbonyl (C=O) groups is 1. The number of allylic oxidation sites excluding steroid dienone is 1. The van der Waals surface area contributed by atoms with Crippen molar-refractivity contribution in [2.75, 3.05) is 17.7 Å². The molecular weight excluding hydrogens is 443 g/mol. The van der Waals surface area contributed by atoms with Crippen LogP contribution in [0.25, 0.3) is 0 Å². The quantitative estimate of drug-likeness (QED) is 0.438. The fourth-order valence-electron chi connectivity index (χ4n) is 4.58. The first-order valence-electron chi connectivity index (χ1n) is 10.5. The third-order valence-corrected chi connectivity index (χ3v) is 7.02. The highest BCUT2D eigenvalue weighted by atomic mass is 35.5. The second-order valence-electron chi connectivity index (χ2n) is 8.08. The summed E-state index contributed by atoms with van der Waals surface area (Å²) < 4.78 is 5.28. The molecule has 0 unspecified atom stereocenters. The topological polar surface area (TPSA) is 50.4 Å². The van der Waals surface area contributed by atoms with Gasteiger partial charge in [0.2, 0.25) is 0 Å². The number of ketones is 1. The average Bonchev–Trinajstić information content (AvgIpc) is 2.97. The largest absolute Gasteiger partial charge is 0.497 e. The number of fused-ring (bicyclic) bond motifs is 1. The van der Waals surface area contributed by atoms with Crippen molar-refractivity contribution in [2.24, 2.45) is 0 Å². The molecule has 1 aliphatic heterocycles. The Hall–Kier alpha value is -2.95. The van der Waals surface area contributed by atoms with Gasteiger partial charge in [0.25, 0.3) is 0 Å². The second-order valence-corrected chi connectivity index (χ2v) is 8.87. The Morgan fingerprint density at radius 3 is 2.41 bits per heavy atom. The van der Waals surface area contributed by atoms with Crippen LogP contribution in [0.5, 0.6) is 5.75 Å². The number of nitrogens with one attached hydrogen (secondary N) is 2. The summed E-state index contributed by atoms with van der Waals surface area (Å²) in [7, 11) is 1.65. The second kappa shape index (κ2) is 8.53. The lowest BCUT2D eigenvalue weighted by Crippen LogP contribution is -2.27. The molecule has 1 aliphatic carbocycles. The zero-order chi connectivity index (χ0) is 22.2. The van der Waals surface area contributed by atoms with Crippen LogP contribution in [0.4, 0.5) is 11.4 Å². The molecule has 1 heterocycles. The summed E-state index contributed by atoms with van der Waals surface area (Å²) >= 11 is 12.9. The molecule has 4 nitrogen and oxygen atoms in total. The summed E-state index contributed by atoms with van der Waals surface area (Å²) in [5, 5.41) is 8.02. The molecule has 0 spiro atoms. The average molecular weight is 465 g/mol. The number of para-hydroxylation sites is 2. The minimum absolute atomic E-state index is 0.0837. The van der Waals surface area contributed by atoms with Crippen LogP contribution in [0.3, 0.4) is 0 Å². The van der Waals surface area contributed by atoms with Gasteiger partial charge in [-0.1, -0.05) is 59.6 Å². The molecule has 32 heavy (non-hydrogen) atoms. The number of methoxy groups -OCH3 is 1. The lowest BCUT2D eigenvalue weighted by molar-refractivity contribution is -0.116. The number of Topliss-reactive ketones (excluding diaryl/α,β-unsaturated/α-hetero) is 1. The fraction of sp³-hybridized carbons (Fsp3) is 0.192. The van der Waals surface area contributed by atoms with Gasteiger partial charge in [0.15, 0.2) is 5.78 Å². The van der Waals surface area contributed by atoms with Crippen molar-refractivity contribution in [3.05, 3.63) is 99.2 Å². The summed E-state index contributed by atoms with van der Waals surface area (Å²) in [4.78, 5) is 13.6. The summed E-state index contributed by atoms with van der Waals surface area (Å²) in [5.41, 5.74) is 5.40. The number of benzene rings is 3. The van der Waals surface area contributed by atoms with Crippen LogP contribution < -0.4 is 15.4 Å². The van der Waals surface area contributed by atoms with Crippen molar-refractivity contribution in [2.45, 2.75) is 24.8 Å². The van der Waals surface area contributed by atoms with E-state index in [-0.39, 0.29) is 11.7 Å². The van der Waals surface area contributed by atoms with Crippen LogP contribution >= 0.6 is 23.2 Å². The first-order chi connectivity index (χ1) is 15.5. The molecule has 162 valence electrons. The maximum Gasteiger partial charge on any atom is 0.163 e. The molecule has 6 heteroatoms. The molecule has 0 bridgehead atoms. The minimum atomic E-state index is -0.392. The third kappa shape index (κ3) is 3.74. The number of halogens is 2. The highest BCUT2D eigenvalue weighted by molar-refractivity contribution is 6.42. The zero-order valence-corrected chi connectivity index (χ0v) is 19.0. The summed E-state index contributed by atoms with van der Waals surface area (Å²) in [6, 6.07) is 21.1. The van der Waals surface area contributed by atoms with Gasteiger partial charge in [-0.25, -0.2) is 0 Å². The van der Waals surface area contributed by atoms with Gasteiger partial charge in [0, 0.05) is 17.7 Å². The molecular formula is C26H22Cl2N2O2. The molecule has 0 saturated heterocycles. The van der Waals surface area contributed by atoms with Gasteiger partial charge in [0.1, 0.15) is 5.75 Å². The van der Waals surface area contributed by atoms with Gasteiger partial charge < -0.3 is 15.4 Å².